The number of nitrogens with one attached hydrogen (secondary N) is 2. The van der Waals surface area contributed by atoms with E-state index in [1.54, 1.807) is 24.5 Å². The molecule has 3 aromatic rings. The summed E-state index contributed by atoms with van der Waals surface area (Å²) >= 11 is 0. The van der Waals surface area contributed by atoms with Crippen LogP contribution < -0.4 is 10.6 Å². The molecule has 0 aromatic carbocycles. The fourth-order valence-corrected chi connectivity index (χ4v) is 3.16. The Hall–Kier alpha value is -3.46. The highest BCUT2D eigenvalue weighted by Crippen LogP contribution is 2.35. The van der Waals surface area contributed by atoms with Gasteiger partial charge in [0, 0.05) is 12.3 Å². The number of nitrogens with zero attached hydrogens (tertiary/aromatic N) is 4. The van der Waals surface area contributed by atoms with Gasteiger partial charge in [-0.15, -0.1) is 0 Å². The number of pyridine rings is 2. The lowest BCUT2D eigenvalue weighted by Crippen LogP contribution is -2.16. The molecule has 0 unspecified atom stereocenters. The van der Waals surface area contributed by atoms with E-state index in [2.05, 4.69) is 30.6 Å². The second kappa shape index (κ2) is 8.73. The van der Waals surface area contributed by atoms with Gasteiger partial charge in [0.05, 0.1) is 41.0 Å². The van der Waals surface area contributed by atoms with Gasteiger partial charge in [-0.05, 0) is 43.5 Å². The van der Waals surface area contributed by atoms with Gasteiger partial charge in [-0.1, -0.05) is 6.92 Å². The summed E-state index contributed by atoms with van der Waals surface area (Å²) in [4.78, 5) is 29.1. The fraction of sp³-hybridized carbons (Fsp3) is 0.318. The molecule has 0 radical (unpaired) electrons. The van der Waals surface area contributed by atoms with Crippen LogP contribution in [0, 0.1) is 12.8 Å². The molecular weight excluding hydrogens is 399 g/mol. The number of alkyl halides is 1. The number of aliphatic hydroxyl groups excluding tert-OH is 1. The molecule has 3 aromatic heterocycles. The molecule has 3 heterocycles. The molecule has 0 bridgehead atoms. The quantitative estimate of drug-likeness (QED) is 0.532. The fourth-order valence-electron chi connectivity index (χ4n) is 3.16. The van der Waals surface area contributed by atoms with Crippen LogP contribution in [0.15, 0.2) is 43.0 Å². The maximum Gasteiger partial charge on any atom is 0.231 e. The summed E-state index contributed by atoms with van der Waals surface area (Å²) in [5.74, 6) is -0.691. The molecule has 1 aliphatic rings. The van der Waals surface area contributed by atoms with Crippen molar-refractivity contribution in [3.05, 3.63) is 54.2 Å². The van der Waals surface area contributed by atoms with Crippen molar-refractivity contribution in [2.24, 2.45) is 5.92 Å². The highest BCUT2D eigenvalue weighted by atomic mass is 19.1. The third kappa shape index (κ3) is 4.66. The topological polar surface area (TPSA) is 113 Å². The number of aryl methyl sites for hydroxylation is 1. The van der Waals surface area contributed by atoms with Crippen LogP contribution in [0.25, 0.3) is 11.4 Å². The molecule has 1 aliphatic carbocycles. The average Bonchev–Trinajstić information content (AvgIpc) is 3.52. The number of halogens is 1. The van der Waals surface area contributed by atoms with Crippen LogP contribution in [-0.4, -0.2) is 37.1 Å². The molecule has 8 nitrogen and oxygen atoms in total. The molecule has 1 amide bonds. The van der Waals surface area contributed by atoms with Gasteiger partial charge in [-0.25, -0.2) is 14.4 Å². The maximum absolute atomic E-state index is 13.1. The third-order valence-electron chi connectivity index (χ3n) is 5.15. The van der Waals surface area contributed by atoms with E-state index in [1.807, 2.05) is 26.0 Å². The Bertz CT molecular complexity index is 1110. The van der Waals surface area contributed by atoms with Gasteiger partial charge in [0.1, 0.15) is 24.0 Å². The van der Waals surface area contributed by atoms with Gasteiger partial charge >= 0.3 is 0 Å². The maximum atomic E-state index is 13.1. The molecular formula is C22H23FN6O2. The minimum absolute atomic E-state index is 0.250. The van der Waals surface area contributed by atoms with Crippen molar-refractivity contribution in [1.82, 2.24) is 19.9 Å². The first kappa shape index (κ1) is 20.8. The Balaban J connectivity index is 1.58. The first-order chi connectivity index (χ1) is 15.0. The Labute approximate surface area is 179 Å². The highest BCUT2D eigenvalue weighted by molar-refractivity contribution is 5.94. The number of carbonyl (C=O) groups is 1. The zero-order valence-corrected chi connectivity index (χ0v) is 17.2. The number of amides is 1. The predicted octanol–water partition coefficient (Wildman–Crippen LogP) is 3.73. The number of carbonyl (C=O) groups excluding carboxylic acids is 1. The number of hydrogen-bond donors (Lipinski definition) is 3. The van der Waals surface area contributed by atoms with E-state index in [4.69, 9.17) is 0 Å². The molecule has 1 saturated carbocycles. The van der Waals surface area contributed by atoms with E-state index < -0.39 is 18.2 Å². The van der Waals surface area contributed by atoms with Crippen LogP contribution in [0.3, 0.4) is 0 Å². The molecule has 9 heteroatoms. The molecule has 0 aliphatic heterocycles. The van der Waals surface area contributed by atoms with Crippen molar-refractivity contribution in [3.63, 3.8) is 0 Å². The van der Waals surface area contributed by atoms with E-state index in [-0.39, 0.29) is 12.3 Å². The van der Waals surface area contributed by atoms with Crippen LogP contribution in [0.5, 0.6) is 0 Å². The lowest BCUT2D eigenvalue weighted by Gasteiger charge is -2.15. The van der Waals surface area contributed by atoms with Crippen molar-refractivity contribution in [2.75, 3.05) is 10.6 Å². The van der Waals surface area contributed by atoms with Gasteiger partial charge in [0.25, 0.3) is 0 Å². The number of rotatable bonds is 7. The second-order valence-corrected chi connectivity index (χ2v) is 7.51. The van der Waals surface area contributed by atoms with Gasteiger partial charge < -0.3 is 15.7 Å². The number of aromatic nitrogens is 4. The summed E-state index contributed by atoms with van der Waals surface area (Å²) in [5.41, 5.74) is 4.08. The van der Waals surface area contributed by atoms with E-state index >= 15 is 0 Å². The van der Waals surface area contributed by atoms with Crippen molar-refractivity contribution in [2.45, 2.75) is 39.0 Å². The highest BCUT2D eigenvalue weighted by Gasteiger charge is 2.43. The SMILES string of the molecule is CC[C@H](O)c1cc(C)c(Nc2cccnc2-c2cc(NC(=O)[C@H]3C[C@H]3F)ncn2)cn1. The Kier molecular flexibility index (Phi) is 5.85. The first-order valence-corrected chi connectivity index (χ1v) is 10.1. The largest absolute Gasteiger partial charge is 0.387 e. The molecule has 0 saturated heterocycles. The molecule has 31 heavy (non-hydrogen) atoms. The van der Waals surface area contributed by atoms with E-state index in [0.29, 0.717) is 35.0 Å². The Morgan fingerprint density at radius 3 is 2.77 bits per heavy atom. The van der Waals surface area contributed by atoms with Crippen molar-refractivity contribution in [3.8, 4) is 11.4 Å². The number of hydrogen-bond acceptors (Lipinski definition) is 7. The summed E-state index contributed by atoms with van der Waals surface area (Å²) in [7, 11) is 0. The Morgan fingerprint density at radius 1 is 1.26 bits per heavy atom. The minimum atomic E-state index is -1.07. The zero-order valence-electron chi connectivity index (χ0n) is 17.2. The summed E-state index contributed by atoms with van der Waals surface area (Å²) < 4.78 is 13.1. The summed E-state index contributed by atoms with van der Waals surface area (Å²) in [6.07, 6.45) is 3.82. The van der Waals surface area contributed by atoms with Crippen molar-refractivity contribution >= 4 is 23.1 Å². The standard InChI is InChI=1S/C22H23FN6O2/c1-3-19(30)16-7-12(2)18(10-25-16)28-15-5-4-6-24-21(15)17-9-20(27-11-26-17)29-22(31)13-8-14(13)23/h4-7,9-11,13-14,19,28,30H,3,8H2,1-2H3,(H,26,27,29,31)/t13-,14+,19-/m0/s1. The molecule has 1 fully saturated rings. The molecule has 160 valence electrons. The van der Waals surface area contributed by atoms with Crippen molar-refractivity contribution < 1.29 is 14.3 Å². The Morgan fingerprint density at radius 2 is 2.06 bits per heavy atom. The van der Waals surface area contributed by atoms with Gasteiger partial charge in [-0.3, -0.25) is 14.8 Å². The normalized spacial score (nSPS) is 18.3. The van der Waals surface area contributed by atoms with Crippen molar-refractivity contribution in [1.29, 1.82) is 0 Å². The van der Waals surface area contributed by atoms with E-state index in [1.165, 1.54) is 6.33 Å². The van der Waals surface area contributed by atoms with E-state index in [0.717, 1.165) is 11.3 Å². The second-order valence-electron chi connectivity index (χ2n) is 7.51. The minimum Gasteiger partial charge on any atom is -0.387 e. The van der Waals surface area contributed by atoms with Crippen LogP contribution in [0.4, 0.5) is 21.6 Å². The lowest BCUT2D eigenvalue weighted by atomic mass is 10.1. The van der Waals surface area contributed by atoms with Crippen LogP contribution in [0.2, 0.25) is 0 Å². The van der Waals surface area contributed by atoms with Gasteiger partial charge in [0.2, 0.25) is 5.91 Å². The average molecular weight is 422 g/mol. The third-order valence-corrected chi connectivity index (χ3v) is 5.15. The molecule has 0 spiro atoms. The molecule has 4 rings (SSSR count). The zero-order chi connectivity index (χ0) is 22.0. The molecule has 3 atom stereocenters. The number of aliphatic hydroxyl groups is 1. The van der Waals surface area contributed by atoms with E-state index in [9.17, 15) is 14.3 Å². The monoisotopic (exact) mass is 422 g/mol. The van der Waals surface area contributed by atoms with Crippen LogP contribution >= 0.6 is 0 Å². The number of anilines is 3. The smallest absolute Gasteiger partial charge is 0.231 e. The van der Waals surface area contributed by atoms with Gasteiger partial charge in [0.15, 0.2) is 0 Å². The van der Waals surface area contributed by atoms with Gasteiger partial charge in [-0.2, -0.15) is 0 Å². The predicted molar refractivity (Wildman–Crippen MR) is 114 cm³/mol. The molecule has 3 N–H and O–H groups in total. The van der Waals surface area contributed by atoms with Crippen LogP contribution in [-0.2, 0) is 4.79 Å². The lowest BCUT2D eigenvalue weighted by molar-refractivity contribution is -0.117. The summed E-state index contributed by atoms with van der Waals surface area (Å²) in [5, 5.41) is 16.0. The summed E-state index contributed by atoms with van der Waals surface area (Å²) in [6.45, 7) is 3.83. The van der Waals surface area contributed by atoms with Crippen LogP contribution in [0.1, 0.15) is 37.1 Å². The first-order valence-electron chi connectivity index (χ1n) is 10.1. The summed E-state index contributed by atoms with van der Waals surface area (Å²) in [6, 6.07) is 7.10.